The molecule has 0 aromatic heterocycles. The van der Waals surface area contributed by atoms with Crippen molar-refractivity contribution in [3.05, 3.63) is 95.1 Å². The molecule has 0 saturated heterocycles. The van der Waals surface area contributed by atoms with Gasteiger partial charge < -0.3 is 0 Å². The Balaban J connectivity index is 1.59. The van der Waals surface area contributed by atoms with Gasteiger partial charge in [-0.15, -0.1) is 0 Å². The lowest BCUT2D eigenvalue weighted by molar-refractivity contribution is 0.424. The van der Waals surface area contributed by atoms with Crippen molar-refractivity contribution >= 4 is 21.5 Å². The Morgan fingerprint density at radius 3 is 1.46 bits per heavy atom. The fourth-order valence-electron chi connectivity index (χ4n) is 6.11. The smallest absolute Gasteiger partial charge is 0.00838 e. The quantitative estimate of drug-likeness (QED) is 0.328. The van der Waals surface area contributed by atoms with Crippen molar-refractivity contribution in [2.75, 3.05) is 0 Å². The Morgan fingerprint density at radius 1 is 0.500 bits per heavy atom. The molecule has 0 bridgehead atoms. The van der Waals surface area contributed by atoms with E-state index in [4.69, 9.17) is 0 Å². The van der Waals surface area contributed by atoms with Crippen LogP contribution in [0.5, 0.6) is 0 Å². The molecular weight excluding hydrogens is 336 g/mol. The average molecular weight is 363 g/mol. The first kappa shape index (κ1) is 16.4. The van der Waals surface area contributed by atoms with Crippen molar-refractivity contribution in [1.29, 1.82) is 0 Å². The molecular formula is C28H26. The predicted octanol–water partition coefficient (Wildman–Crippen LogP) is 7.53. The van der Waals surface area contributed by atoms with E-state index in [-0.39, 0.29) is 0 Å². The zero-order chi connectivity index (χ0) is 18.5. The van der Waals surface area contributed by atoms with Gasteiger partial charge in [-0.25, -0.2) is 0 Å². The normalized spacial score (nSPS) is 21.4. The van der Waals surface area contributed by atoms with Crippen LogP contribution in [0, 0.1) is 0 Å². The van der Waals surface area contributed by atoms with E-state index in [0.29, 0.717) is 11.8 Å². The van der Waals surface area contributed by atoms with E-state index in [1.165, 1.54) is 60.1 Å². The van der Waals surface area contributed by atoms with Crippen molar-refractivity contribution in [3.63, 3.8) is 0 Å². The van der Waals surface area contributed by atoms with Gasteiger partial charge in [0.15, 0.2) is 0 Å². The molecule has 4 aromatic carbocycles. The zero-order valence-electron chi connectivity index (χ0n) is 16.3. The third-order valence-electron chi connectivity index (χ3n) is 7.27. The monoisotopic (exact) mass is 362 g/mol. The largest absolute Gasteiger partial charge is 0.0616 e. The fourth-order valence-corrected chi connectivity index (χ4v) is 6.11. The van der Waals surface area contributed by atoms with Crippen LogP contribution in [0.15, 0.2) is 72.8 Å². The molecule has 0 amide bonds. The summed E-state index contributed by atoms with van der Waals surface area (Å²) in [6.45, 7) is 0. The van der Waals surface area contributed by atoms with Gasteiger partial charge in [-0.1, -0.05) is 72.8 Å². The van der Waals surface area contributed by atoms with Crippen molar-refractivity contribution in [2.24, 2.45) is 0 Å². The molecule has 2 atom stereocenters. The summed E-state index contributed by atoms with van der Waals surface area (Å²) >= 11 is 0. The standard InChI is InChI=1S/C28H26/c1-3-11-23-19(7-1)15-17-21-9-5-13-25(27(21)23)26-14-6-10-22-18-16-20-8-2-4-12-24(20)28(22)26/h1-4,7-8,11-12,15-18,25-26H,5-6,9-10,13-14H2. The fraction of sp³-hybridized carbons (Fsp3) is 0.286. The highest BCUT2D eigenvalue weighted by atomic mass is 14.4. The van der Waals surface area contributed by atoms with Crippen molar-refractivity contribution in [1.82, 2.24) is 0 Å². The number of hydrogen-bond acceptors (Lipinski definition) is 0. The third-order valence-corrected chi connectivity index (χ3v) is 7.27. The number of fused-ring (bicyclic) bond motifs is 6. The maximum atomic E-state index is 2.41. The van der Waals surface area contributed by atoms with Gasteiger partial charge in [-0.3, -0.25) is 0 Å². The van der Waals surface area contributed by atoms with E-state index >= 15 is 0 Å². The van der Waals surface area contributed by atoms with Gasteiger partial charge in [-0.2, -0.15) is 0 Å². The first-order valence-corrected chi connectivity index (χ1v) is 10.9. The van der Waals surface area contributed by atoms with Crippen LogP contribution in [-0.2, 0) is 12.8 Å². The number of rotatable bonds is 1. The lowest BCUT2D eigenvalue weighted by Crippen LogP contribution is -2.22. The number of aryl methyl sites for hydroxylation is 2. The van der Waals surface area contributed by atoms with Crippen LogP contribution in [0.25, 0.3) is 21.5 Å². The van der Waals surface area contributed by atoms with Gasteiger partial charge in [0, 0.05) is 0 Å². The SMILES string of the molecule is c1ccc2c3c(ccc2c1)CCCC3C1CCCc2ccc3ccccc3c21. The molecule has 4 aromatic rings. The molecule has 2 unspecified atom stereocenters. The topological polar surface area (TPSA) is 0 Å². The Hall–Kier alpha value is -2.60. The van der Waals surface area contributed by atoms with Crippen LogP contribution in [0.3, 0.4) is 0 Å². The lowest BCUT2D eigenvalue weighted by Gasteiger charge is -2.37. The minimum Gasteiger partial charge on any atom is -0.0616 e. The van der Waals surface area contributed by atoms with Crippen molar-refractivity contribution < 1.29 is 0 Å². The summed E-state index contributed by atoms with van der Waals surface area (Å²) < 4.78 is 0. The van der Waals surface area contributed by atoms with Gasteiger partial charge in [0.2, 0.25) is 0 Å². The minimum absolute atomic E-state index is 0.653. The Labute approximate surface area is 167 Å². The second kappa shape index (κ2) is 6.48. The van der Waals surface area contributed by atoms with Crippen molar-refractivity contribution in [2.45, 2.75) is 50.4 Å². The molecule has 0 spiro atoms. The molecule has 0 fully saturated rings. The second-order valence-electron chi connectivity index (χ2n) is 8.72. The van der Waals surface area contributed by atoms with Crippen LogP contribution in [0.4, 0.5) is 0 Å². The Morgan fingerprint density at radius 2 is 0.964 bits per heavy atom. The highest BCUT2D eigenvalue weighted by molar-refractivity contribution is 5.89. The molecule has 0 heterocycles. The number of hydrogen-bond donors (Lipinski definition) is 0. The van der Waals surface area contributed by atoms with Crippen LogP contribution in [-0.4, -0.2) is 0 Å². The third kappa shape index (κ3) is 2.44. The van der Waals surface area contributed by atoms with Crippen molar-refractivity contribution in [3.8, 4) is 0 Å². The summed E-state index contributed by atoms with van der Waals surface area (Å²) in [5.74, 6) is 1.31. The maximum Gasteiger partial charge on any atom is -0.00838 e. The highest BCUT2D eigenvalue weighted by Crippen LogP contribution is 2.50. The van der Waals surface area contributed by atoms with E-state index in [1.807, 2.05) is 0 Å². The van der Waals surface area contributed by atoms with Gasteiger partial charge in [-0.05, 0) is 94.2 Å². The van der Waals surface area contributed by atoms with E-state index < -0.39 is 0 Å². The molecule has 2 aliphatic rings. The molecule has 0 radical (unpaired) electrons. The summed E-state index contributed by atoms with van der Waals surface area (Å²) in [5.41, 5.74) is 6.52. The molecule has 138 valence electrons. The molecule has 0 heteroatoms. The molecule has 0 N–H and O–H groups in total. The zero-order valence-corrected chi connectivity index (χ0v) is 16.3. The molecule has 28 heavy (non-hydrogen) atoms. The first-order chi connectivity index (χ1) is 13.9. The van der Waals surface area contributed by atoms with E-state index in [9.17, 15) is 0 Å². The van der Waals surface area contributed by atoms with Gasteiger partial charge in [0.25, 0.3) is 0 Å². The average Bonchev–Trinajstić information content (AvgIpc) is 2.78. The molecule has 0 saturated carbocycles. The molecule has 0 nitrogen and oxygen atoms in total. The lowest BCUT2D eigenvalue weighted by atomic mass is 9.66. The summed E-state index contributed by atoms with van der Waals surface area (Å²) in [6, 6.07) is 27.6. The Bertz CT molecular complexity index is 1090. The number of benzene rings is 4. The van der Waals surface area contributed by atoms with Crippen LogP contribution >= 0.6 is 0 Å². The summed E-state index contributed by atoms with van der Waals surface area (Å²) in [4.78, 5) is 0. The second-order valence-corrected chi connectivity index (χ2v) is 8.72. The van der Waals surface area contributed by atoms with Crippen LogP contribution < -0.4 is 0 Å². The van der Waals surface area contributed by atoms with Gasteiger partial charge in [0.05, 0.1) is 0 Å². The van der Waals surface area contributed by atoms with E-state index in [2.05, 4.69) is 72.8 Å². The minimum atomic E-state index is 0.653. The van der Waals surface area contributed by atoms with Crippen LogP contribution in [0.1, 0.15) is 59.8 Å². The Kier molecular flexibility index (Phi) is 3.79. The highest BCUT2D eigenvalue weighted by Gasteiger charge is 2.34. The molecule has 0 aliphatic heterocycles. The van der Waals surface area contributed by atoms with E-state index in [0.717, 1.165) is 0 Å². The summed E-state index contributed by atoms with van der Waals surface area (Å²) in [7, 11) is 0. The van der Waals surface area contributed by atoms with Crippen LogP contribution in [0.2, 0.25) is 0 Å². The predicted molar refractivity (Wildman–Crippen MR) is 119 cm³/mol. The van der Waals surface area contributed by atoms with Gasteiger partial charge in [0.1, 0.15) is 0 Å². The summed E-state index contributed by atoms with van der Waals surface area (Å²) in [6.07, 6.45) is 7.79. The molecule has 2 aliphatic carbocycles. The summed E-state index contributed by atoms with van der Waals surface area (Å²) in [5, 5.41) is 5.80. The van der Waals surface area contributed by atoms with Gasteiger partial charge >= 0.3 is 0 Å². The first-order valence-electron chi connectivity index (χ1n) is 10.9. The molecule has 6 rings (SSSR count). The van der Waals surface area contributed by atoms with E-state index in [1.54, 1.807) is 22.3 Å². The maximum absolute atomic E-state index is 2.41.